The summed E-state index contributed by atoms with van der Waals surface area (Å²) in [6.07, 6.45) is 0. The number of primary amides is 1. The quantitative estimate of drug-likeness (QED) is 0.689. The van der Waals surface area contributed by atoms with Crippen LogP contribution in [0.1, 0.15) is 29.8 Å². The van der Waals surface area contributed by atoms with Gasteiger partial charge in [0.05, 0.1) is 5.56 Å². The Labute approximate surface area is 107 Å². The third-order valence-electron chi connectivity index (χ3n) is 2.71. The maximum Gasteiger partial charge on any atom is 0.254 e. The Morgan fingerprint density at radius 2 is 1.89 bits per heavy atom. The van der Waals surface area contributed by atoms with Crippen molar-refractivity contribution in [1.82, 2.24) is 5.32 Å². The minimum atomic E-state index is -0.697. The van der Waals surface area contributed by atoms with Crippen LogP contribution in [0.2, 0.25) is 0 Å². The van der Waals surface area contributed by atoms with E-state index in [0.717, 1.165) is 5.56 Å². The first-order valence-corrected chi connectivity index (χ1v) is 5.79. The molecule has 1 aromatic rings. The van der Waals surface area contributed by atoms with Gasteiger partial charge < -0.3 is 16.8 Å². The molecule has 5 N–H and O–H groups in total. The zero-order valence-electron chi connectivity index (χ0n) is 10.9. The highest BCUT2D eigenvalue weighted by Crippen LogP contribution is 2.14. The van der Waals surface area contributed by atoms with Crippen LogP contribution in [-0.4, -0.2) is 17.9 Å². The fraction of sp³-hybridized carbons (Fsp3) is 0.385. The first-order chi connectivity index (χ1) is 8.32. The van der Waals surface area contributed by atoms with E-state index in [1.807, 2.05) is 26.8 Å². The molecule has 0 aliphatic carbocycles. The number of nitrogens with one attached hydrogen (secondary N) is 1. The number of nitrogens with two attached hydrogens (primary N) is 2. The molecule has 0 bridgehead atoms. The molecule has 0 aromatic heterocycles. The standard InChI is InChI=1S/C13H19N3O2/c1-7(2)11(12(15)17)16-13(18)9-6-8(3)4-5-10(9)14/h4-7,11H,14H2,1-3H3,(H2,15,17)(H,16,18). The first kappa shape index (κ1) is 14.0. The second-order valence-corrected chi connectivity index (χ2v) is 4.69. The summed E-state index contributed by atoms with van der Waals surface area (Å²) in [4.78, 5) is 23.3. The smallest absolute Gasteiger partial charge is 0.254 e. The predicted molar refractivity (Wildman–Crippen MR) is 70.9 cm³/mol. The summed E-state index contributed by atoms with van der Waals surface area (Å²) < 4.78 is 0. The Morgan fingerprint density at radius 1 is 1.28 bits per heavy atom. The lowest BCUT2D eigenvalue weighted by Gasteiger charge is -2.19. The molecule has 2 amide bonds. The number of amides is 2. The molecule has 5 nitrogen and oxygen atoms in total. The molecule has 1 aromatic carbocycles. The van der Waals surface area contributed by atoms with Crippen molar-refractivity contribution in [2.75, 3.05) is 5.73 Å². The molecule has 0 aliphatic rings. The highest BCUT2D eigenvalue weighted by molar-refractivity contribution is 6.01. The van der Waals surface area contributed by atoms with Crippen LogP contribution in [0.3, 0.4) is 0 Å². The number of hydrogen-bond acceptors (Lipinski definition) is 3. The molecule has 0 heterocycles. The van der Waals surface area contributed by atoms with E-state index in [1.165, 1.54) is 0 Å². The first-order valence-electron chi connectivity index (χ1n) is 5.79. The number of carbonyl (C=O) groups is 2. The van der Waals surface area contributed by atoms with Gasteiger partial charge in [0.25, 0.3) is 5.91 Å². The number of rotatable bonds is 4. The van der Waals surface area contributed by atoms with Crippen LogP contribution < -0.4 is 16.8 Å². The van der Waals surface area contributed by atoms with Crippen molar-refractivity contribution in [2.45, 2.75) is 26.8 Å². The van der Waals surface area contributed by atoms with Crippen LogP contribution in [-0.2, 0) is 4.79 Å². The Hall–Kier alpha value is -2.04. The van der Waals surface area contributed by atoms with Crippen LogP contribution in [0.15, 0.2) is 18.2 Å². The summed E-state index contributed by atoms with van der Waals surface area (Å²) in [6.45, 7) is 5.49. The van der Waals surface area contributed by atoms with Gasteiger partial charge >= 0.3 is 0 Å². The van der Waals surface area contributed by atoms with E-state index in [-0.39, 0.29) is 11.8 Å². The third-order valence-corrected chi connectivity index (χ3v) is 2.71. The molecular weight excluding hydrogens is 230 g/mol. The number of nitrogen functional groups attached to an aromatic ring is 1. The highest BCUT2D eigenvalue weighted by atomic mass is 16.2. The molecule has 1 atom stereocenters. The van der Waals surface area contributed by atoms with Crippen molar-refractivity contribution < 1.29 is 9.59 Å². The van der Waals surface area contributed by atoms with Crippen molar-refractivity contribution in [3.63, 3.8) is 0 Å². The van der Waals surface area contributed by atoms with Gasteiger partial charge in [-0.05, 0) is 25.0 Å². The molecule has 18 heavy (non-hydrogen) atoms. The van der Waals surface area contributed by atoms with Crippen molar-refractivity contribution in [3.8, 4) is 0 Å². The molecule has 0 spiro atoms. The van der Waals surface area contributed by atoms with E-state index in [2.05, 4.69) is 5.32 Å². The Bertz CT molecular complexity index is 469. The Balaban J connectivity index is 2.94. The van der Waals surface area contributed by atoms with Crippen molar-refractivity contribution >= 4 is 17.5 Å². The number of aryl methyl sites for hydroxylation is 1. The minimum absolute atomic E-state index is 0.0718. The van der Waals surface area contributed by atoms with Crippen LogP contribution >= 0.6 is 0 Å². The fourth-order valence-electron chi connectivity index (χ4n) is 1.65. The van der Waals surface area contributed by atoms with Gasteiger partial charge in [0.15, 0.2) is 0 Å². The molecule has 0 saturated heterocycles. The van der Waals surface area contributed by atoms with Gasteiger partial charge in [-0.1, -0.05) is 25.5 Å². The lowest BCUT2D eigenvalue weighted by Crippen LogP contribution is -2.47. The van der Waals surface area contributed by atoms with Crippen LogP contribution in [0.5, 0.6) is 0 Å². The van der Waals surface area contributed by atoms with Gasteiger partial charge in [-0.25, -0.2) is 0 Å². The summed E-state index contributed by atoms with van der Waals surface area (Å²) in [7, 11) is 0. The fourth-order valence-corrected chi connectivity index (χ4v) is 1.65. The zero-order chi connectivity index (χ0) is 13.9. The molecule has 0 aliphatic heterocycles. The Morgan fingerprint density at radius 3 is 2.39 bits per heavy atom. The van der Waals surface area contributed by atoms with E-state index in [4.69, 9.17) is 11.5 Å². The van der Waals surface area contributed by atoms with E-state index < -0.39 is 11.9 Å². The highest BCUT2D eigenvalue weighted by Gasteiger charge is 2.23. The maximum atomic E-state index is 12.0. The molecular formula is C13H19N3O2. The maximum absolute atomic E-state index is 12.0. The van der Waals surface area contributed by atoms with Crippen molar-refractivity contribution in [2.24, 2.45) is 11.7 Å². The van der Waals surface area contributed by atoms with Crippen LogP contribution in [0, 0.1) is 12.8 Å². The van der Waals surface area contributed by atoms with Gasteiger partial charge in [-0.15, -0.1) is 0 Å². The van der Waals surface area contributed by atoms with E-state index in [0.29, 0.717) is 11.3 Å². The van der Waals surface area contributed by atoms with Crippen LogP contribution in [0.4, 0.5) is 5.69 Å². The van der Waals surface area contributed by atoms with E-state index in [9.17, 15) is 9.59 Å². The number of hydrogen-bond donors (Lipinski definition) is 3. The molecule has 98 valence electrons. The lowest BCUT2D eigenvalue weighted by molar-refractivity contribution is -0.120. The average molecular weight is 249 g/mol. The number of anilines is 1. The largest absolute Gasteiger partial charge is 0.398 e. The number of benzene rings is 1. The average Bonchev–Trinajstić information content (AvgIpc) is 2.28. The van der Waals surface area contributed by atoms with Gasteiger partial charge in [0.2, 0.25) is 5.91 Å². The molecule has 0 radical (unpaired) electrons. The van der Waals surface area contributed by atoms with Gasteiger partial charge in [0.1, 0.15) is 6.04 Å². The van der Waals surface area contributed by atoms with E-state index in [1.54, 1.807) is 12.1 Å². The van der Waals surface area contributed by atoms with Gasteiger partial charge in [-0.3, -0.25) is 9.59 Å². The summed E-state index contributed by atoms with van der Waals surface area (Å²) >= 11 is 0. The molecule has 0 fully saturated rings. The second-order valence-electron chi connectivity index (χ2n) is 4.69. The predicted octanol–water partition coefficient (Wildman–Crippen LogP) is 0.817. The second kappa shape index (κ2) is 5.53. The molecule has 0 saturated carbocycles. The molecule has 1 unspecified atom stereocenters. The monoisotopic (exact) mass is 249 g/mol. The molecule has 1 rings (SSSR count). The Kier molecular flexibility index (Phi) is 4.31. The normalized spacial score (nSPS) is 12.2. The SMILES string of the molecule is Cc1ccc(N)c(C(=O)NC(C(N)=O)C(C)C)c1. The summed E-state index contributed by atoms with van der Waals surface area (Å²) in [6, 6.07) is 4.47. The van der Waals surface area contributed by atoms with Gasteiger partial charge in [0, 0.05) is 5.69 Å². The summed E-state index contributed by atoms with van der Waals surface area (Å²) in [5, 5.41) is 2.61. The minimum Gasteiger partial charge on any atom is -0.398 e. The topological polar surface area (TPSA) is 98.2 Å². The molecule has 5 heteroatoms. The summed E-state index contributed by atoms with van der Waals surface area (Å²) in [5.74, 6) is -1.00. The zero-order valence-corrected chi connectivity index (χ0v) is 10.9. The summed E-state index contributed by atoms with van der Waals surface area (Å²) in [5.41, 5.74) is 12.7. The van der Waals surface area contributed by atoms with E-state index >= 15 is 0 Å². The van der Waals surface area contributed by atoms with Crippen LogP contribution in [0.25, 0.3) is 0 Å². The van der Waals surface area contributed by atoms with Crippen molar-refractivity contribution in [3.05, 3.63) is 29.3 Å². The third kappa shape index (κ3) is 3.23. The van der Waals surface area contributed by atoms with Gasteiger partial charge in [-0.2, -0.15) is 0 Å². The van der Waals surface area contributed by atoms with Crippen molar-refractivity contribution in [1.29, 1.82) is 0 Å². The number of carbonyl (C=O) groups excluding carboxylic acids is 2. The lowest BCUT2D eigenvalue weighted by atomic mass is 10.0.